The van der Waals surface area contributed by atoms with Crippen LogP contribution in [0.3, 0.4) is 0 Å². The molecule has 1 aliphatic heterocycles. The number of aliphatic imine (C=N–C) groups is 1. The van der Waals surface area contributed by atoms with Crippen molar-refractivity contribution < 1.29 is 0 Å². The van der Waals surface area contributed by atoms with Crippen LogP contribution in [0.1, 0.15) is 31.2 Å². The summed E-state index contributed by atoms with van der Waals surface area (Å²) in [6, 6.07) is 11.6. The number of halogens is 1. The lowest BCUT2D eigenvalue weighted by atomic mass is 10.1. The first kappa shape index (κ1) is 19.5. The van der Waals surface area contributed by atoms with Crippen LogP contribution in [0, 0.1) is 5.92 Å². The van der Waals surface area contributed by atoms with Crippen LogP contribution in [0.2, 0.25) is 0 Å². The predicted octanol–water partition coefficient (Wildman–Crippen LogP) is 2.89. The summed E-state index contributed by atoms with van der Waals surface area (Å²) < 4.78 is 0. The van der Waals surface area contributed by atoms with Gasteiger partial charge in [0, 0.05) is 32.7 Å². The zero-order chi connectivity index (χ0) is 15.9. The van der Waals surface area contributed by atoms with Gasteiger partial charge in [-0.05, 0) is 50.1 Å². The molecule has 24 heavy (non-hydrogen) atoms. The zero-order valence-electron chi connectivity index (χ0n) is 14.7. The number of rotatable bonds is 7. The van der Waals surface area contributed by atoms with E-state index in [4.69, 9.17) is 0 Å². The van der Waals surface area contributed by atoms with Crippen molar-refractivity contribution in [2.75, 3.05) is 33.2 Å². The number of nitrogens with zero attached hydrogens (tertiary/aromatic N) is 2. The SMILES string of the molecule is CN=C(NCCCc1ccccc1)NCC1CCN(C2CC2)C1.I. The lowest BCUT2D eigenvalue weighted by molar-refractivity contribution is 0.314. The summed E-state index contributed by atoms with van der Waals surface area (Å²) in [7, 11) is 1.86. The molecular formula is C19H31IN4. The largest absolute Gasteiger partial charge is 0.356 e. The molecule has 1 atom stereocenters. The topological polar surface area (TPSA) is 39.7 Å². The minimum atomic E-state index is 0. The molecular weight excluding hydrogens is 411 g/mol. The zero-order valence-corrected chi connectivity index (χ0v) is 17.0. The molecule has 4 nitrogen and oxygen atoms in total. The van der Waals surface area contributed by atoms with Crippen molar-refractivity contribution in [2.24, 2.45) is 10.9 Å². The number of guanidine groups is 1. The van der Waals surface area contributed by atoms with Gasteiger partial charge in [0.2, 0.25) is 0 Å². The summed E-state index contributed by atoms with van der Waals surface area (Å²) in [6.07, 6.45) is 6.41. The average molecular weight is 442 g/mol. The fraction of sp³-hybridized carbons (Fsp3) is 0.632. The molecule has 1 aliphatic carbocycles. The summed E-state index contributed by atoms with van der Waals surface area (Å²) in [6.45, 7) is 4.57. The Hall–Kier alpha value is -0.820. The van der Waals surface area contributed by atoms with Gasteiger partial charge in [0.1, 0.15) is 0 Å². The van der Waals surface area contributed by atoms with Crippen LogP contribution >= 0.6 is 24.0 Å². The normalized spacial score (nSPS) is 21.4. The van der Waals surface area contributed by atoms with E-state index in [1.165, 1.54) is 37.9 Å². The van der Waals surface area contributed by atoms with Gasteiger partial charge in [-0.25, -0.2) is 0 Å². The number of hydrogen-bond acceptors (Lipinski definition) is 2. The molecule has 2 fully saturated rings. The second kappa shape index (κ2) is 10.2. The molecule has 1 aromatic rings. The summed E-state index contributed by atoms with van der Waals surface area (Å²) in [5.74, 6) is 1.72. The Morgan fingerprint density at radius 2 is 1.96 bits per heavy atom. The Morgan fingerprint density at radius 3 is 2.67 bits per heavy atom. The van der Waals surface area contributed by atoms with Crippen molar-refractivity contribution in [3.63, 3.8) is 0 Å². The molecule has 0 bridgehead atoms. The number of hydrogen-bond donors (Lipinski definition) is 2. The Morgan fingerprint density at radius 1 is 1.17 bits per heavy atom. The third-order valence-electron chi connectivity index (χ3n) is 4.94. The smallest absolute Gasteiger partial charge is 0.190 e. The van der Waals surface area contributed by atoms with Gasteiger partial charge in [-0.3, -0.25) is 4.99 Å². The van der Waals surface area contributed by atoms with Crippen molar-refractivity contribution in [3.05, 3.63) is 35.9 Å². The highest BCUT2D eigenvalue weighted by Gasteiger charge is 2.34. The molecule has 134 valence electrons. The van der Waals surface area contributed by atoms with Gasteiger partial charge in [0.25, 0.3) is 0 Å². The van der Waals surface area contributed by atoms with Gasteiger partial charge in [0.05, 0.1) is 0 Å². The first-order valence-corrected chi connectivity index (χ1v) is 9.07. The predicted molar refractivity (Wildman–Crippen MR) is 112 cm³/mol. The highest BCUT2D eigenvalue weighted by atomic mass is 127. The van der Waals surface area contributed by atoms with Gasteiger partial charge < -0.3 is 15.5 Å². The fourth-order valence-electron chi connectivity index (χ4n) is 3.41. The Labute approximate surface area is 163 Å². The van der Waals surface area contributed by atoms with Gasteiger partial charge in [0.15, 0.2) is 5.96 Å². The summed E-state index contributed by atoms with van der Waals surface area (Å²) in [5, 5.41) is 6.94. The fourth-order valence-corrected chi connectivity index (χ4v) is 3.41. The number of benzene rings is 1. The number of likely N-dealkylation sites (tertiary alicyclic amines) is 1. The van der Waals surface area contributed by atoms with E-state index < -0.39 is 0 Å². The van der Waals surface area contributed by atoms with Gasteiger partial charge in [-0.1, -0.05) is 30.3 Å². The lowest BCUT2D eigenvalue weighted by Crippen LogP contribution is -2.40. The van der Waals surface area contributed by atoms with E-state index in [1.807, 2.05) is 7.05 Å². The standard InChI is InChI=1S/C19H30N4.HI/c1-20-19(21-12-5-8-16-6-3-2-4-7-16)22-14-17-11-13-23(15-17)18-9-10-18;/h2-4,6-7,17-18H,5,8-15H2,1H3,(H2,20,21,22);1H. The molecule has 1 heterocycles. The van der Waals surface area contributed by atoms with Gasteiger partial charge >= 0.3 is 0 Å². The molecule has 1 aromatic carbocycles. The van der Waals surface area contributed by atoms with Crippen molar-refractivity contribution >= 4 is 29.9 Å². The molecule has 3 rings (SSSR count). The molecule has 2 N–H and O–H groups in total. The third-order valence-corrected chi connectivity index (χ3v) is 4.94. The second-order valence-electron chi connectivity index (χ2n) is 6.85. The van der Waals surface area contributed by atoms with Crippen LogP contribution < -0.4 is 10.6 Å². The van der Waals surface area contributed by atoms with E-state index in [9.17, 15) is 0 Å². The van der Waals surface area contributed by atoms with Crippen LogP contribution in [0.15, 0.2) is 35.3 Å². The van der Waals surface area contributed by atoms with Crippen LogP contribution in [0.4, 0.5) is 0 Å². The van der Waals surface area contributed by atoms with E-state index in [0.29, 0.717) is 0 Å². The van der Waals surface area contributed by atoms with E-state index in [2.05, 4.69) is 50.9 Å². The van der Waals surface area contributed by atoms with Crippen LogP contribution in [-0.4, -0.2) is 50.1 Å². The minimum Gasteiger partial charge on any atom is -0.356 e. The second-order valence-corrected chi connectivity index (χ2v) is 6.85. The molecule has 0 radical (unpaired) electrons. The Bertz CT molecular complexity index is 501. The average Bonchev–Trinajstić information content (AvgIpc) is 3.34. The van der Waals surface area contributed by atoms with Crippen molar-refractivity contribution in [3.8, 4) is 0 Å². The van der Waals surface area contributed by atoms with Crippen LogP contribution in [0.25, 0.3) is 0 Å². The maximum Gasteiger partial charge on any atom is 0.190 e. The van der Waals surface area contributed by atoms with E-state index in [-0.39, 0.29) is 24.0 Å². The van der Waals surface area contributed by atoms with E-state index in [1.54, 1.807) is 0 Å². The molecule has 1 unspecified atom stereocenters. The van der Waals surface area contributed by atoms with Crippen molar-refractivity contribution in [2.45, 2.75) is 38.1 Å². The Balaban J connectivity index is 0.00000208. The van der Waals surface area contributed by atoms with E-state index in [0.717, 1.165) is 43.9 Å². The minimum absolute atomic E-state index is 0. The van der Waals surface area contributed by atoms with Crippen LogP contribution in [-0.2, 0) is 6.42 Å². The number of aryl methyl sites for hydroxylation is 1. The first-order chi connectivity index (χ1) is 11.3. The van der Waals surface area contributed by atoms with Gasteiger partial charge in [-0.15, -0.1) is 24.0 Å². The highest BCUT2D eigenvalue weighted by Crippen LogP contribution is 2.31. The molecule has 1 saturated heterocycles. The molecule has 1 saturated carbocycles. The first-order valence-electron chi connectivity index (χ1n) is 9.07. The molecule has 5 heteroatoms. The molecule has 0 aromatic heterocycles. The number of nitrogens with one attached hydrogen (secondary N) is 2. The maximum absolute atomic E-state index is 4.34. The molecule has 2 aliphatic rings. The van der Waals surface area contributed by atoms with Crippen molar-refractivity contribution in [1.29, 1.82) is 0 Å². The molecule has 0 amide bonds. The lowest BCUT2D eigenvalue weighted by Gasteiger charge is -2.17. The summed E-state index contributed by atoms with van der Waals surface area (Å²) in [5.41, 5.74) is 1.41. The van der Waals surface area contributed by atoms with Crippen LogP contribution in [0.5, 0.6) is 0 Å². The Kier molecular flexibility index (Phi) is 8.32. The monoisotopic (exact) mass is 442 g/mol. The highest BCUT2D eigenvalue weighted by molar-refractivity contribution is 14.0. The maximum atomic E-state index is 4.34. The third kappa shape index (κ3) is 6.24. The van der Waals surface area contributed by atoms with E-state index >= 15 is 0 Å². The van der Waals surface area contributed by atoms with Crippen molar-refractivity contribution in [1.82, 2.24) is 15.5 Å². The summed E-state index contributed by atoms with van der Waals surface area (Å²) >= 11 is 0. The van der Waals surface area contributed by atoms with Gasteiger partial charge in [-0.2, -0.15) is 0 Å². The quantitative estimate of drug-likeness (QED) is 0.295. The molecule has 0 spiro atoms. The summed E-state index contributed by atoms with van der Waals surface area (Å²) in [4.78, 5) is 7.01.